The van der Waals surface area contributed by atoms with E-state index in [1.807, 2.05) is 73.7 Å². The Morgan fingerprint density at radius 1 is 0.571 bits per heavy atom. The number of aromatic nitrogens is 1. The number of nitrogens with one attached hydrogen (secondary N) is 3. The van der Waals surface area contributed by atoms with Crippen molar-refractivity contribution in [3.05, 3.63) is 137 Å². The van der Waals surface area contributed by atoms with Crippen LogP contribution in [0.5, 0.6) is 0 Å². The highest BCUT2D eigenvalue weighted by molar-refractivity contribution is 6.10. The number of carbonyl (C=O) groups excluding carboxylic acids is 2. The van der Waals surface area contributed by atoms with Crippen LogP contribution in [0, 0.1) is 0 Å². The van der Waals surface area contributed by atoms with Gasteiger partial charge in [0.25, 0.3) is 5.91 Å². The van der Waals surface area contributed by atoms with Crippen LogP contribution in [0.4, 0.5) is 10.5 Å². The Labute approximate surface area is 454 Å². The van der Waals surface area contributed by atoms with Crippen LogP contribution in [-0.4, -0.2) is 193 Å². The Morgan fingerprint density at radius 2 is 0.974 bits per heavy atom. The number of amides is 3. The van der Waals surface area contributed by atoms with Gasteiger partial charge in [0.1, 0.15) is 11.4 Å². The summed E-state index contributed by atoms with van der Waals surface area (Å²) in [6.45, 7) is 12.7. The number of pyridine rings is 1. The number of anilines is 1. The predicted molar refractivity (Wildman–Crippen MR) is 294 cm³/mol. The molecule has 3 amide bonds. The Morgan fingerprint density at radius 3 is 1.39 bits per heavy atom. The number of fused-ring (bicyclic) bond motifs is 1. The van der Waals surface area contributed by atoms with Crippen LogP contribution in [0.1, 0.15) is 42.0 Å². The Balaban J connectivity index is 0.888. The molecule has 0 bridgehead atoms. The number of hydrogen-bond acceptors (Lipinski definition) is 16. The molecule has 5 rings (SSSR count). The van der Waals surface area contributed by atoms with Crippen molar-refractivity contribution in [3.63, 3.8) is 0 Å². The number of ether oxygens (including phenoxy) is 10. The van der Waals surface area contributed by atoms with E-state index in [1.165, 1.54) is 5.06 Å². The number of rotatable bonds is 43. The van der Waals surface area contributed by atoms with Gasteiger partial charge in [-0.2, -0.15) is 0 Å². The molecule has 0 saturated carbocycles. The number of nitrogens with zero attached hydrogens (tertiary/aromatic N) is 3. The average molecular weight is 1070 g/mol. The summed E-state index contributed by atoms with van der Waals surface area (Å²) < 4.78 is 54.8. The first-order valence-electron chi connectivity index (χ1n) is 26.7. The molecule has 3 aromatic carbocycles. The highest BCUT2D eigenvalue weighted by atomic mass is 16.7. The number of urea groups is 1. The number of nitrogens with two attached hydrogens (primary N) is 1. The van der Waals surface area contributed by atoms with E-state index in [9.17, 15) is 9.59 Å². The number of aliphatic imine (C=N–C) groups is 1. The molecule has 1 aromatic heterocycles. The SMILES string of the molecule is CCCN(OCCNC(=O)NCCOCCOCCOCCOCCOCCOCCOCCOCCOCCOCCN)C(=O)C1=Cc2ccncc2NC(=NC(c2ccccc2)(c2ccccc2)c2ccccc2)C1. The molecule has 422 valence electrons. The monoisotopic (exact) mass is 1070 g/mol. The normalized spacial score (nSPS) is 12.9. The number of amidine groups is 1. The lowest BCUT2D eigenvalue weighted by molar-refractivity contribution is -0.181. The first kappa shape index (κ1) is 62.1. The van der Waals surface area contributed by atoms with E-state index >= 15 is 0 Å². The molecule has 0 atom stereocenters. The third kappa shape index (κ3) is 24.2. The highest BCUT2D eigenvalue weighted by Gasteiger charge is 2.37. The summed E-state index contributed by atoms with van der Waals surface area (Å²) in [4.78, 5) is 43.0. The maximum atomic E-state index is 14.4. The van der Waals surface area contributed by atoms with Crippen molar-refractivity contribution in [1.29, 1.82) is 0 Å². The summed E-state index contributed by atoms with van der Waals surface area (Å²) in [5.41, 5.74) is 9.31. The average Bonchev–Trinajstić information content (AvgIpc) is 3.66. The molecule has 4 aromatic rings. The van der Waals surface area contributed by atoms with Gasteiger partial charge in [0.05, 0.1) is 151 Å². The number of carbonyl (C=O) groups is 2. The fraction of sp³-hybridized carbons (Fsp3) is 0.509. The highest BCUT2D eigenvalue weighted by Crippen LogP contribution is 2.41. The van der Waals surface area contributed by atoms with Crippen LogP contribution >= 0.6 is 0 Å². The van der Waals surface area contributed by atoms with Gasteiger partial charge in [-0.15, -0.1) is 0 Å². The second-order valence-electron chi connectivity index (χ2n) is 17.1. The van der Waals surface area contributed by atoms with E-state index in [4.69, 9.17) is 62.9 Å². The molecule has 20 heteroatoms. The van der Waals surface area contributed by atoms with Crippen molar-refractivity contribution in [2.75, 3.05) is 170 Å². The van der Waals surface area contributed by atoms with E-state index in [0.717, 1.165) is 27.9 Å². The van der Waals surface area contributed by atoms with Gasteiger partial charge in [-0.1, -0.05) is 97.9 Å². The van der Waals surface area contributed by atoms with E-state index in [2.05, 4.69) is 57.3 Å². The zero-order chi connectivity index (χ0) is 54.1. The lowest BCUT2D eigenvalue weighted by Gasteiger charge is -2.33. The lowest BCUT2D eigenvalue weighted by atomic mass is 9.77. The summed E-state index contributed by atoms with van der Waals surface area (Å²) in [7, 11) is 0. The molecule has 1 aliphatic rings. The van der Waals surface area contributed by atoms with Crippen molar-refractivity contribution in [2.45, 2.75) is 25.3 Å². The summed E-state index contributed by atoms with van der Waals surface area (Å²) in [6, 6.07) is 32.0. The minimum absolute atomic E-state index is 0.0737. The van der Waals surface area contributed by atoms with Crippen LogP contribution in [0.3, 0.4) is 0 Å². The van der Waals surface area contributed by atoms with Gasteiger partial charge in [0, 0.05) is 49.9 Å². The third-order valence-corrected chi connectivity index (χ3v) is 11.4. The quantitative estimate of drug-likeness (QED) is 0.0252. The number of benzene rings is 3. The third-order valence-electron chi connectivity index (χ3n) is 11.4. The van der Waals surface area contributed by atoms with Gasteiger partial charge in [-0.3, -0.25) is 19.6 Å². The van der Waals surface area contributed by atoms with Gasteiger partial charge >= 0.3 is 6.03 Å². The van der Waals surface area contributed by atoms with Crippen molar-refractivity contribution in [1.82, 2.24) is 20.7 Å². The molecule has 0 unspecified atom stereocenters. The van der Waals surface area contributed by atoms with E-state index < -0.39 is 5.54 Å². The van der Waals surface area contributed by atoms with Gasteiger partial charge in [0.15, 0.2) is 0 Å². The Kier molecular flexibility index (Phi) is 32.0. The van der Waals surface area contributed by atoms with Crippen LogP contribution in [0.15, 0.2) is 120 Å². The zero-order valence-corrected chi connectivity index (χ0v) is 44.8. The second kappa shape index (κ2) is 39.6. The number of hydrogen-bond donors (Lipinski definition) is 4. The molecular formula is C57H81N7O13. The van der Waals surface area contributed by atoms with Crippen LogP contribution in [0.2, 0.25) is 0 Å². The first-order chi connectivity index (χ1) is 38.0. The summed E-state index contributed by atoms with van der Waals surface area (Å²) >= 11 is 0. The number of hydroxylamine groups is 2. The Bertz CT molecular complexity index is 2130. The maximum Gasteiger partial charge on any atom is 0.314 e. The largest absolute Gasteiger partial charge is 0.378 e. The summed E-state index contributed by atoms with van der Waals surface area (Å²) in [5.74, 6) is 0.284. The smallest absolute Gasteiger partial charge is 0.314 e. The molecule has 0 saturated heterocycles. The predicted octanol–water partition coefficient (Wildman–Crippen LogP) is 5.27. The molecule has 20 nitrogen and oxygen atoms in total. The zero-order valence-electron chi connectivity index (χ0n) is 44.8. The van der Waals surface area contributed by atoms with Gasteiger partial charge in [0.2, 0.25) is 0 Å². The summed E-state index contributed by atoms with van der Waals surface area (Å²) in [6.07, 6.45) is 6.14. The topological polar surface area (TPSA) is 226 Å². The Hall–Kier alpha value is -5.72. The molecule has 0 radical (unpaired) electrons. The van der Waals surface area contributed by atoms with Gasteiger partial charge < -0.3 is 69.1 Å². The van der Waals surface area contributed by atoms with Crippen molar-refractivity contribution in [2.24, 2.45) is 10.7 Å². The van der Waals surface area contributed by atoms with Crippen LogP contribution in [-0.2, 0) is 62.5 Å². The van der Waals surface area contributed by atoms with Crippen molar-refractivity contribution in [3.8, 4) is 0 Å². The van der Waals surface area contributed by atoms with Crippen LogP contribution in [0.25, 0.3) is 6.08 Å². The molecule has 0 fully saturated rings. The summed E-state index contributed by atoms with van der Waals surface area (Å²) in [5, 5.41) is 10.5. The molecule has 0 spiro atoms. The standard InChI is InChI=1S/C57H81N7O13/c1-2-23-64(55(65)49-45-48-18-20-59-47-53(48)62-54(46-49)63-57(50-12-6-3-7-13-50,51-14-8-4-9-15-51)52-16-10-5-11-17-52)77-26-22-61-56(66)60-21-25-68-28-30-70-32-34-72-36-38-74-40-42-76-44-43-75-41-39-73-37-35-71-33-31-69-29-27-67-24-19-58/h3-18,20,45,47H,2,19,21-44,46,58H2,1H3,(H,62,63)(H2,60,61,66). The van der Waals surface area contributed by atoms with Crippen molar-refractivity contribution < 1.29 is 61.8 Å². The molecule has 0 aliphatic carbocycles. The lowest BCUT2D eigenvalue weighted by Crippen LogP contribution is -2.41. The van der Waals surface area contributed by atoms with Crippen molar-refractivity contribution >= 4 is 29.5 Å². The van der Waals surface area contributed by atoms with E-state index in [1.54, 1.807) is 12.4 Å². The van der Waals surface area contributed by atoms with Gasteiger partial charge in [-0.05, 0) is 35.3 Å². The van der Waals surface area contributed by atoms with Crippen LogP contribution < -0.4 is 21.7 Å². The maximum absolute atomic E-state index is 14.4. The molecule has 77 heavy (non-hydrogen) atoms. The van der Waals surface area contributed by atoms with E-state index in [-0.39, 0.29) is 31.5 Å². The minimum Gasteiger partial charge on any atom is -0.378 e. The molecule has 1 aliphatic heterocycles. The molecule has 2 heterocycles. The fourth-order valence-electron chi connectivity index (χ4n) is 7.77. The minimum atomic E-state index is -0.960. The van der Waals surface area contributed by atoms with E-state index in [0.29, 0.717) is 170 Å². The first-order valence-corrected chi connectivity index (χ1v) is 26.7. The van der Waals surface area contributed by atoms with Gasteiger partial charge in [-0.25, -0.2) is 9.86 Å². The molecule has 5 N–H and O–H groups in total. The fourth-order valence-corrected chi connectivity index (χ4v) is 7.77. The molecular weight excluding hydrogens is 991 g/mol. The second-order valence-corrected chi connectivity index (χ2v) is 17.1.